The Morgan fingerprint density at radius 2 is 2.00 bits per heavy atom. The molecule has 1 amide bonds. The number of carbonyl (C=O) groups excluding carboxylic acids is 1. The first-order valence-corrected chi connectivity index (χ1v) is 8.52. The summed E-state index contributed by atoms with van der Waals surface area (Å²) in [5.41, 5.74) is 0.247. The van der Waals surface area contributed by atoms with E-state index in [1.165, 1.54) is 4.90 Å². The maximum atomic E-state index is 13.7. The van der Waals surface area contributed by atoms with Crippen molar-refractivity contribution in [2.45, 2.75) is 58.2 Å². The Morgan fingerprint density at radius 1 is 1.28 bits per heavy atom. The fourth-order valence-electron chi connectivity index (χ4n) is 3.24. The number of halogens is 2. The maximum Gasteiger partial charge on any atom is 0.410 e. The number of hydrogen-bond donors (Lipinski definition) is 0. The van der Waals surface area contributed by atoms with E-state index in [1.54, 1.807) is 45.0 Å². The van der Waals surface area contributed by atoms with Gasteiger partial charge in [-0.2, -0.15) is 8.78 Å². The second-order valence-corrected chi connectivity index (χ2v) is 7.29. The van der Waals surface area contributed by atoms with Gasteiger partial charge in [0.1, 0.15) is 11.4 Å². The Kier molecular flexibility index (Phi) is 4.67. The number of ether oxygens (including phenoxy) is 1. The summed E-state index contributed by atoms with van der Waals surface area (Å²) < 4.78 is 33.9. The van der Waals surface area contributed by atoms with Crippen molar-refractivity contribution in [1.82, 2.24) is 14.5 Å². The van der Waals surface area contributed by atoms with Gasteiger partial charge in [0.05, 0.1) is 17.1 Å². The van der Waals surface area contributed by atoms with E-state index in [0.29, 0.717) is 24.0 Å². The Hall–Kier alpha value is -2.18. The van der Waals surface area contributed by atoms with Crippen LogP contribution < -0.4 is 0 Å². The molecule has 3 rings (SSSR count). The van der Waals surface area contributed by atoms with Gasteiger partial charge in [-0.25, -0.2) is 9.78 Å². The van der Waals surface area contributed by atoms with Crippen LogP contribution in [-0.4, -0.2) is 32.7 Å². The first-order chi connectivity index (χ1) is 11.8. The second-order valence-electron chi connectivity index (χ2n) is 7.29. The van der Waals surface area contributed by atoms with Crippen molar-refractivity contribution in [2.24, 2.45) is 0 Å². The van der Waals surface area contributed by atoms with Crippen LogP contribution in [0.25, 0.3) is 11.0 Å². The molecule has 7 heteroatoms. The Balaban J connectivity index is 2.02. The largest absolute Gasteiger partial charge is 0.444 e. The molecule has 2 aromatic rings. The van der Waals surface area contributed by atoms with Gasteiger partial charge in [-0.1, -0.05) is 12.1 Å². The Labute approximate surface area is 145 Å². The Bertz CT molecular complexity index is 767. The van der Waals surface area contributed by atoms with Gasteiger partial charge in [-0.15, -0.1) is 0 Å². The van der Waals surface area contributed by atoms with Crippen molar-refractivity contribution in [1.29, 1.82) is 0 Å². The molecule has 1 fully saturated rings. The lowest BCUT2D eigenvalue weighted by atomic mass is 10.0. The third kappa shape index (κ3) is 3.60. The zero-order valence-electron chi connectivity index (χ0n) is 14.7. The molecule has 0 bridgehead atoms. The summed E-state index contributed by atoms with van der Waals surface area (Å²) in [7, 11) is 0. The standard InChI is InChI=1S/C18H23F2N3O2/c1-18(2,3)25-17(24)22-11-7-6-10-14(22)15-21-12-8-4-5-9-13(12)23(15)16(19)20/h4-5,8-9,14,16H,6-7,10-11H2,1-3H3/t14-/m0/s1. The van der Waals surface area contributed by atoms with Crippen molar-refractivity contribution in [3.05, 3.63) is 30.1 Å². The van der Waals surface area contributed by atoms with E-state index in [2.05, 4.69) is 4.98 Å². The fourth-order valence-corrected chi connectivity index (χ4v) is 3.24. The number of amides is 1. The number of nitrogens with zero attached hydrogens (tertiary/aromatic N) is 3. The summed E-state index contributed by atoms with van der Waals surface area (Å²) in [4.78, 5) is 18.5. The lowest BCUT2D eigenvalue weighted by Crippen LogP contribution is -2.42. The molecular formula is C18H23F2N3O2. The van der Waals surface area contributed by atoms with Crippen LogP contribution in [0.3, 0.4) is 0 Å². The van der Waals surface area contributed by atoms with Gasteiger partial charge in [0.25, 0.3) is 0 Å². The summed E-state index contributed by atoms with van der Waals surface area (Å²) in [6.45, 7) is 3.13. The number of carbonyl (C=O) groups is 1. The molecular weight excluding hydrogens is 328 g/mol. The van der Waals surface area contributed by atoms with Crippen LogP contribution in [0.1, 0.15) is 58.4 Å². The van der Waals surface area contributed by atoms with E-state index in [0.717, 1.165) is 17.4 Å². The summed E-state index contributed by atoms with van der Waals surface area (Å²) >= 11 is 0. The van der Waals surface area contributed by atoms with E-state index in [1.807, 2.05) is 0 Å². The number of alkyl halides is 2. The van der Waals surface area contributed by atoms with Crippen LogP contribution in [0, 0.1) is 0 Å². The van der Waals surface area contributed by atoms with Gasteiger partial charge in [0.2, 0.25) is 0 Å². The number of benzene rings is 1. The molecule has 1 aliphatic rings. The number of piperidine rings is 1. The van der Waals surface area contributed by atoms with Gasteiger partial charge in [0, 0.05) is 6.54 Å². The molecule has 1 aromatic carbocycles. The minimum Gasteiger partial charge on any atom is -0.444 e. The lowest BCUT2D eigenvalue weighted by molar-refractivity contribution is 0.00473. The monoisotopic (exact) mass is 351 g/mol. The average molecular weight is 351 g/mol. The molecule has 0 aliphatic carbocycles. The van der Waals surface area contributed by atoms with E-state index < -0.39 is 24.3 Å². The smallest absolute Gasteiger partial charge is 0.410 e. The van der Waals surface area contributed by atoms with E-state index in [-0.39, 0.29) is 5.82 Å². The molecule has 0 N–H and O–H groups in total. The minimum atomic E-state index is -2.72. The van der Waals surface area contributed by atoms with Crippen LogP contribution >= 0.6 is 0 Å². The van der Waals surface area contributed by atoms with Crippen LogP contribution in [0.2, 0.25) is 0 Å². The highest BCUT2D eigenvalue weighted by Crippen LogP contribution is 2.35. The average Bonchev–Trinajstić information content (AvgIpc) is 2.92. The second kappa shape index (κ2) is 6.61. The molecule has 0 spiro atoms. The number of rotatable bonds is 2. The van der Waals surface area contributed by atoms with Crippen molar-refractivity contribution < 1.29 is 18.3 Å². The molecule has 1 saturated heterocycles. The predicted octanol–water partition coefficient (Wildman–Crippen LogP) is 4.89. The van der Waals surface area contributed by atoms with Crippen LogP contribution in [0.5, 0.6) is 0 Å². The maximum absolute atomic E-state index is 13.7. The molecule has 0 unspecified atom stereocenters. The van der Waals surface area contributed by atoms with Crippen molar-refractivity contribution in [3.63, 3.8) is 0 Å². The highest BCUT2D eigenvalue weighted by atomic mass is 19.3. The third-order valence-electron chi connectivity index (χ3n) is 4.25. The summed E-state index contributed by atoms with van der Waals surface area (Å²) in [5, 5.41) is 0. The molecule has 1 aromatic heterocycles. The number of para-hydroxylation sites is 2. The third-order valence-corrected chi connectivity index (χ3v) is 4.25. The molecule has 2 heterocycles. The van der Waals surface area contributed by atoms with Gasteiger partial charge in [0.15, 0.2) is 0 Å². The molecule has 5 nitrogen and oxygen atoms in total. The van der Waals surface area contributed by atoms with Gasteiger partial charge < -0.3 is 4.74 Å². The zero-order chi connectivity index (χ0) is 18.2. The molecule has 1 atom stereocenters. The molecule has 1 aliphatic heterocycles. The lowest BCUT2D eigenvalue weighted by Gasteiger charge is -2.36. The SMILES string of the molecule is CC(C)(C)OC(=O)N1CCCC[C@H]1c1nc2ccccc2n1C(F)F. The van der Waals surface area contributed by atoms with Crippen molar-refractivity contribution >= 4 is 17.1 Å². The van der Waals surface area contributed by atoms with E-state index in [4.69, 9.17) is 4.74 Å². The van der Waals surface area contributed by atoms with Gasteiger partial charge in [-0.05, 0) is 52.2 Å². The molecule has 136 valence electrons. The normalized spacial score (nSPS) is 18.8. The first-order valence-electron chi connectivity index (χ1n) is 8.52. The zero-order valence-corrected chi connectivity index (χ0v) is 14.7. The highest BCUT2D eigenvalue weighted by molar-refractivity contribution is 5.76. The number of likely N-dealkylation sites (tertiary alicyclic amines) is 1. The fraction of sp³-hybridized carbons (Fsp3) is 0.556. The van der Waals surface area contributed by atoms with Crippen molar-refractivity contribution in [2.75, 3.05) is 6.54 Å². The summed E-state index contributed by atoms with van der Waals surface area (Å²) in [6, 6.07) is 6.29. The topological polar surface area (TPSA) is 47.4 Å². The molecule has 0 radical (unpaired) electrons. The van der Waals surface area contributed by atoms with Crippen molar-refractivity contribution in [3.8, 4) is 0 Å². The van der Waals surface area contributed by atoms with Crippen LogP contribution in [-0.2, 0) is 4.74 Å². The van der Waals surface area contributed by atoms with Gasteiger partial charge in [-0.3, -0.25) is 9.47 Å². The van der Waals surface area contributed by atoms with E-state index >= 15 is 0 Å². The Morgan fingerprint density at radius 3 is 2.68 bits per heavy atom. The number of aromatic nitrogens is 2. The molecule has 25 heavy (non-hydrogen) atoms. The van der Waals surface area contributed by atoms with Crippen LogP contribution in [0.4, 0.5) is 13.6 Å². The predicted molar refractivity (Wildman–Crippen MR) is 90.5 cm³/mol. The quantitative estimate of drug-likeness (QED) is 0.774. The number of fused-ring (bicyclic) bond motifs is 1. The summed E-state index contributed by atoms with van der Waals surface area (Å²) in [6.07, 6.45) is 1.79. The highest BCUT2D eigenvalue weighted by Gasteiger charge is 2.35. The number of imidazole rings is 1. The first kappa shape index (κ1) is 17.6. The summed E-state index contributed by atoms with van der Waals surface area (Å²) in [5.74, 6) is 0.224. The van der Waals surface area contributed by atoms with Crippen LogP contribution in [0.15, 0.2) is 24.3 Å². The minimum absolute atomic E-state index is 0.224. The number of hydrogen-bond acceptors (Lipinski definition) is 3. The van der Waals surface area contributed by atoms with E-state index in [9.17, 15) is 13.6 Å². The van der Waals surface area contributed by atoms with Gasteiger partial charge >= 0.3 is 12.6 Å². The molecule has 0 saturated carbocycles.